The Labute approximate surface area is 95.5 Å². The van der Waals surface area contributed by atoms with Gasteiger partial charge in [0.25, 0.3) is 0 Å². The van der Waals surface area contributed by atoms with Crippen LogP contribution in [0.2, 0.25) is 0 Å². The highest BCUT2D eigenvalue weighted by atomic mass is 19.1. The zero-order chi connectivity index (χ0) is 12.1. The quantitative estimate of drug-likeness (QED) is 0.770. The normalized spacial score (nSPS) is 10.6. The topological polar surface area (TPSA) is 23.6 Å². The second kappa shape index (κ2) is 5.61. The molecule has 0 aromatic heterocycles. The van der Waals surface area contributed by atoms with E-state index in [-0.39, 0.29) is 11.7 Å². The molecule has 3 nitrogen and oxygen atoms in total. The summed E-state index contributed by atoms with van der Waals surface area (Å²) >= 11 is 0. The summed E-state index contributed by atoms with van der Waals surface area (Å²) in [5, 5.41) is 0. The Balaban J connectivity index is 2.51. The molecular formula is C12H17FN2O. The van der Waals surface area contributed by atoms with E-state index in [9.17, 15) is 9.18 Å². The molecule has 88 valence electrons. The van der Waals surface area contributed by atoms with Gasteiger partial charge in [-0.25, -0.2) is 4.39 Å². The summed E-state index contributed by atoms with van der Waals surface area (Å²) < 4.78 is 12.9. The van der Waals surface area contributed by atoms with E-state index in [0.717, 1.165) is 5.56 Å². The molecule has 4 heteroatoms. The number of carbonyl (C=O) groups is 1. The molecule has 0 bridgehead atoms. The molecule has 0 saturated carbocycles. The third-order valence-electron chi connectivity index (χ3n) is 2.25. The molecule has 0 atom stereocenters. The number of carbonyl (C=O) groups excluding carboxylic acids is 1. The summed E-state index contributed by atoms with van der Waals surface area (Å²) in [5.74, 6) is -0.205. The van der Waals surface area contributed by atoms with E-state index < -0.39 is 0 Å². The first-order valence-corrected chi connectivity index (χ1v) is 5.12. The molecule has 0 aliphatic carbocycles. The average molecular weight is 224 g/mol. The summed E-state index contributed by atoms with van der Waals surface area (Å²) in [4.78, 5) is 14.8. The van der Waals surface area contributed by atoms with Crippen LogP contribution in [0.15, 0.2) is 24.3 Å². The molecule has 1 rings (SSSR count). The smallest absolute Gasteiger partial charge is 0.236 e. The SMILES string of the molecule is CN(CC(=O)N(C)C)Cc1cccc(F)c1. The first kappa shape index (κ1) is 12.6. The summed E-state index contributed by atoms with van der Waals surface area (Å²) in [6, 6.07) is 6.41. The van der Waals surface area contributed by atoms with E-state index in [0.29, 0.717) is 13.1 Å². The van der Waals surface area contributed by atoms with Crippen molar-refractivity contribution >= 4 is 5.91 Å². The third kappa shape index (κ3) is 3.98. The standard InChI is InChI=1S/C12H17FN2O/c1-14(2)12(16)9-15(3)8-10-5-4-6-11(13)7-10/h4-7H,8-9H2,1-3H3. The number of rotatable bonds is 4. The maximum absolute atomic E-state index is 12.9. The molecule has 0 unspecified atom stereocenters. The predicted molar refractivity (Wildman–Crippen MR) is 61.4 cm³/mol. The maximum Gasteiger partial charge on any atom is 0.236 e. The number of benzene rings is 1. The fraction of sp³-hybridized carbons (Fsp3) is 0.417. The van der Waals surface area contributed by atoms with E-state index >= 15 is 0 Å². The van der Waals surface area contributed by atoms with Gasteiger partial charge in [0.2, 0.25) is 5.91 Å². The van der Waals surface area contributed by atoms with Crippen LogP contribution in [-0.4, -0.2) is 43.4 Å². The molecule has 0 N–H and O–H groups in total. The van der Waals surface area contributed by atoms with E-state index in [4.69, 9.17) is 0 Å². The summed E-state index contributed by atoms with van der Waals surface area (Å²) in [6.45, 7) is 0.904. The molecule has 0 heterocycles. The number of amides is 1. The highest BCUT2D eigenvalue weighted by Gasteiger charge is 2.08. The van der Waals surface area contributed by atoms with Crippen LogP contribution >= 0.6 is 0 Å². The van der Waals surface area contributed by atoms with Crippen molar-refractivity contribution in [3.63, 3.8) is 0 Å². The van der Waals surface area contributed by atoms with Gasteiger partial charge in [-0.05, 0) is 24.7 Å². The largest absolute Gasteiger partial charge is 0.348 e. The van der Waals surface area contributed by atoms with Crippen molar-refractivity contribution in [3.05, 3.63) is 35.6 Å². The zero-order valence-electron chi connectivity index (χ0n) is 9.90. The molecule has 1 amide bonds. The fourth-order valence-corrected chi connectivity index (χ4v) is 1.38. The average Bonchev–Trinajstić information content (AvgIpc) is 2.16. The monoisotopic (exact) mass is 224 g/mol. The Morgan fingerprint density at radius 2 is 2.00 bits per heavy atom. The number of hydrogen-bond acceptors (Lipinski definition) is 2. The molecular weight excluding hydrogens is 207 g/mol. The van der Waals surface area contributed by atoms with Crippen LogP contribution in [0.3, 0.4) is 0 Å². The lowest BCUT2D eigenvalue weighted by Crippen LogP contribution is -2.34. The Hall–Kier alpha value is -1.42. The van der Waals surface area contributed by atoms with Gasteiger partial charge in [-0.2, -0.15) is 0 Å². The minimum atomic E-state index is -0.246. The molecule has 0 aliphatic heterocycles. The maximum atomic E-state index is 12.9. The van der Waals surface area contributed by atoms with Crippen molar-refractivity contribution in [2.24, 2.45) is 0 Å². The summed E-state index contributed by atoms with van der Waals surface area (Å²) in [6.07, 6.45) is 0. The lowest BCUT2D eigenvalue weighted by atomic mass is 10.2. The van der Waals surface area contributed by atoms with Crippen LogP contribution in [0, 0.1) is 5.82 Å². The van der Waals surface area contributed by atoms with Crippen molar-refractivity contribution in [1.29, 1.82) is 0 Å². The first-order chi connectivity index (χ1) is 7.49. The number of hydrogen-bond donors (Lipinski definition) is 0. The number of halogens is 1. The molecule has 16 heavy (non-hydrogen) atoms. The molecule has 0 radical (unpaired) electrons. The second-order valence-electron chi connectivity index (χ2n) is 4.09. The molecule has 0 fully saturated rings. The predicted octanol–water partition coefficient (Wildman–Crippen LogP) is 1.35. The Kier molecular flexibility index (Phi) is 4.43. The highest BCUT2D eigenvalue weighted by molar-refractivity contribution is 5.77. The van der Waals surface area contributed by atoms with Crippen LogP contribution in [0.5, 0.6) is 0 Å². The van der Waals surface area contributed by atoms with Crippen LogP contribution < -0.4 is 0 Å². The highest BCUT2D eigenvalue weighted by Crippen LogP contribution is 2.06. The van der Waals surface area contributed by atoms with Crippen molar-refractivity contribution in [2.75, 3.05) is 27.7 Å². The second-order valence-corrected chi connectivity index (χ2v) is 4.09. The third-order valence-corrected chi connectivity index (χ3v) is 2.25. The van der Waals surface area contributed by atoms with Gasteiger partial charge in [0.1, 0.15) is 5.82 Å². The van der Waals surface area contributed by atoms with E-state index in [2.05, 4.69) is 0 Å². The van der Waals surface area contributed by atoms with Crippen molar-refractivity contribution in [1.82, 2.24) is 9.80 Å². The van der Waals surface area contributed by atoms with Gasteiger partial charge in [0.15, 0.2) is 0 Å². The van der Waals surface area contributed by atoms with Crippen molar-refractivity contribution in [2.45, 2.75) is 6.54 Å². The van der Waals surface area contributed by atoms with Crippen molar-refractivity contribution in [3.8, 4) is 0 Å². The Morgan fingerprint density at radius 3 is 2.56 bits per heavy atom. The molecule has 0 aliphatic rings. The van der Waals surface area contributed by atoms with Crippen LogP contribution in [0.25, 0.3) is 0 Å². The fourth-order valence-electron chi connectivity index (χ4n) is 1.38. The number of likely N-dealkylation sites (N-methyl/N-ethyl adjacent to an activating group) is 2. The minimum Gasteiger partial charge on any atom is -0.348 e. The van der Waals surface area contributed by atoms with Gasteiger partial charge < -0.3 is 4.90 Å². The van der Waals surface area contributed by atoms with Gasteiger partial charge in [-0.15, -0.1) is 0 Å². The lowest BCUT2D eigenvalue weighted by molar-refractivity contribution is -0.129. The van der Waals surface area contributed by atoms with Gasteiger partial charge in [-0.3, -0.25) is 9.69 Å². The first-order valence-electron chi connectivity index (χ1n) is 5.12. The molecule has 0 saturated heterocycles. The summed E-state index contributed by atoms with van der Waals surface area (Å²) in [5.41, 5.74) is 0.869. The molecule has 0 spiro atoms. The Bertz CT molecular complexity index is 366. The van der Waals surface area contributed by atoms with E-state index in [1.54, 1.807) is 25.1 Å². The summed E-state index contributed by atoms with van der Waals surface area (Å²) in [7, 11) is 5.28. The van der Waals surface area contributed by atoms with Gasteiger partial charge in [0.05, 0.1) is 6.54 Å². The lowest BCUT2D eigenvalue weighted by Gasteiger charge is -2.18. The zero-order valence-corrected chi connectivity index (χ0v) is 9.90. The molecule has 1 aromatic rings. The van der Waals surface area contributed by atoms with Gasteiger partial charge in [0, 0.05) is 20.6 Å². The van der Waals surface area contributed by atoms with Crippen molar-refractivity contribution < 1.29 is 9.18 Å². The molecule has 1 aromatic carbocycles. The van der Waals surface area contributed by atoms with Gasteiger partial charge >= 0.3 is 0 Å². The minimum absolute atomic E-state index is 0.0407. The van der Waals surface area contributed by atoms with E-state index in [1.165, 1.54) is 12.1 Å². The van der Waals surface area contributed by atoms with Crippen LogP contribution in [0.4, 0.5) is 4.39 Å². The van der Waals surface area contributed by atoms with Crippen LogP contribution in [-0.2, 0) is 11.3 Å². The van der Waals surface area contributed by atoms with Gasteiger partial charge in [-0.1, -0.05) is 12.1 Å². The van der Waals surface area contributed by atoms with E-state index in [1.807, 2.05) is 18.0 Å². The number of nitrogens with zero attached hydrogens (tertiary/aromatic N) is 2. The van der Waals surface area contributed by atoms with Crippen LogP contribution in [0.1, 0.15) is 5.56 Å². The Morgan fingerprint density at radius 1 is 1.31 bits per heavy atom.